The fourth-order valence-electron chi connectivity index (χ4n) is 2.76. The van der Waals surface area contributed by atoms with Crippen LogP contribution in [0.3, 0.4) is 0 Å². The molecule has 0 bridgehead atoms. The number of halogens is 2. The highest BCUT2D eigenvalue weighted by Gasteiger charge is 2.11. The number of aromatic hydroxyl groups is 1. The van der Waals surface area contributed by atoms with Gasteiger partial charge in [0.05, 0.1) is 11.0 Å². The van der Waals surface area contributed by atoms with Crippen molar-refractivity contribution in [3.8, 4) is 5.75 Å². The zero-order chi connectivity index (χ0) is 17.3. The number of phenolic OH excluding ortho intramolecular Hbond substituents is 1. The van der Waals surface area contributed by atoms with Gasteiger partial charge in [0.2, 0.25) is 0 Å². The summed E-state index contributed by atoms with van der Waals surface area (Å²) in [5.41, 5.74) is 2.34. The van der Waals surface area contributed by atoms with Crippen molar-refractivity contribution in [1.29, 1.82) is 0 Å². The fourth-order valence-corrected chi connectivity index (χ4v) is 2.76. The van der Waals surface area contributed by atoms with Gasteiger partial charge in [-0.2, -0.15) is 0 Å². The number of phenols is 1. The minimum Gasteiger partial charge on any atom is -0.505 e. The minimum absolute atomic E-state index is 0.0383. The molecule has 0 radical (unpaired) electrons. The highest BCUT2D eigenvalue weighted by Crippen LogP contribution is 2.21. The Labute approximate surface area is 138 Å². The second kappa shape index (κ2) is 6.57. The number of fused-ring (bicyclic) bond motifs is 1. The van der Waals surface area contributed by atoms with Crippen LogP contribution in [0.15, 0.2) is 36.4 Å². The summed E-state index contributed by atoms with van der Waals surface area (Å²) in [6, 6.07) is 8.85. The first-order valence-electron chi connectivity index (χ1n) is 7.78. The summed E-state index contributed by atoms with van der Waals surface area (Å²) >= 11 is 0. The van der Waals surface area contributed by atoms with Crippen molar-refractivity contribution in [3.63, 3.8) is 0 Å². The Kier molecular flexibility index (Phi) is 4.49. The molecule has 0 fully saturated rings. The Hall–Kier alpha value is -2.47. The lowest BCUT2D eigenvalue weighted by Crippen LogP contribution is -2.22. The third-order valence-electron chi connectivity index (χ3n) is 4.20. The van der Waals surface area contributed by atoms with Crippen molar-refractivity contribution in [3.05, 3.63) is 59.4 Å². The molecule has 126 valence electrons. The molecule has 0 amide bonds. The van der Waals surface area contributed by atoms with E-state index in [0.717, 1.165) is 16.9 Å². The van der Waals surface area contributed by atoms with Crippen LogP contribution in [-0.4, -0.2) is 21.2 Å². The Bertz CT molecular complexity index is 876. The smallest absolute Gasteiger partial charge is 0.164 e. The molecule has 0 saturated heterocycles. The van der Waals surface area contributed by atoms with E-state index in [1.165, 1.54) is 24.3 Å². The second-order valence-electron chi connectivity index (χ2n) is 5.86. The Morgan fingerprint density at radius 1 is 1.21 bits per heavy atom. The quantitative estimate of drug-likeness (QED) is 0.753. The summed E-state index contributed by atoms with van der Waals surface area (Å²) in [6.45, 7) is 2.59. The van der Waals surface area contributed by atoms with E-state index < -0.39 is 5.82 Å². The van der Waals surface area contributed by atoms with Crippen molar-refractivity contribution in [2.75, 3.05) is 6.54 Å². The van der Waals surface area contributed by atoms with E-state index in [9.17, 15) is 13.9 Å². The van der Waals surface area contributed by atoms with Gasteiger partial charge in [0.15, 0.2) is 11.6 Å². The average Bonchev–Trinajstić information content (AvgIpc) is 2.85. The number of hydrogen-bond donors (Lipinski definition) is 2. The second-order valence-corrected chi connectivity index (χ2v) is 5.86. The summed E-state index contributed by atoms with van der Waals surface area (Å²) in [5.74, 6) is -0.413. The first kappa shape index (κ1) is 16.4. The summed E-state index contributed by atoms with van der Waals surface area (Å²) in [4.78, 5) is 4.46. The zero-order valence-corrected chi connectivity index (χ0v) is 13.6. The molecule has 3 rings (SSSR count). The van der Waals surface area contributed by atoms with Crippen LogP contribution in [0.5, 0.6) is 5.75 Å². The normalized spacial score (nSPS) is 12.7. The predicted molar refractivity (Wildman–Crippen MR) is 88.9 cm³/mol. The molecule has 0 aliphatic rings. The fraction of sp³-hybridized carbons (Fsp3) is 0.278. The maximum Gasteiger partial charge on any atom is 0.164 e. The van der Waals surface area contributed by atoms with Gasteiger partial charge in [-0.1, -0.05) is 6.07 Å². The maximum absolute atomic E-state index is 13.3. The number of aryl methyl sites for hydroxylation is 1. The average molecular weight is 331 g/mol. The van der Waals surface area contributed by atoms with Crippen LogP contribution in [0.25, 0.3) is 11.0 Å². The van der Waals surface area contributed by atoms with Crippen molar-refractivity contribution >= 4 is 11.0 Å². The lowest BCUT2D eigenvalue weighted by Gasteiger charge is -2.14. The summed E-state index contributed by atoms with van der Waals surface area (Å²) < 4.78 is 28.3. The molecule has 0 saturated carbocycles. The number of benzene rings is 2. The van der Waals surface area contributed by atoms with Gasteiger partial charge in [0, 0.05) is 32.1 Å². The van der Waals surface area contributed by atoms with Crippen molar-refractivity contribution in [1.82, 2.24) is 14.9 Å². The number of nitrogens with one attached hydrogen (secondary N) is 1. The predicted octanol–water partition coefficient (Wildman–Crippen LogP) is 3.45. The Balaban J connectivity index is 1.65. The third kappa shape index (κ3) is 3.23. The third-order valence-corrected chi connectivity index (χ3v) is 4.20. The van der Waals surface area contributed by atoms with E-state index in [4.69, 9.17) is 0 Å². The first-order chi connectivity index (χ1) is 11.5. The van der Waals surface area contributed by atoms with Crippen molar-refractivity contribution in [2.45, 2.75) is 19.4 Å². The molecule has 2 N–H and O–H groups in total. The molecule has 2 aromatic carbocycles. The molecule has 3 aromatic rings. The molecule has 0 spiro atoms. The van der Waals surface area contributed by atoms with Crippen LogP contribution in [0.2, 0.25) is 0 Å². The number of aromatic nitrogens is 2. The first-order valence-corrected chi connectivity index (χ1v) is 7.78. The topological polar surface area (TPSA) is 50.1 Å². The number of hydrogen-bond acceptors (Lipinski definition) is 3. The molecule has 0 aliphatic heterocycles. The number of rotatable bonds is 5. The van der Waals surface area contributed by atoms with Gasteiger partial charge < -0.3 is 15.0 Å². The molecular formula is C18H19F2N3O. The van der Waals surface area contributed by atoms with Crippen LogP contribution in [-0.2, 0) is 13.5 Å². The largest absolute Gasteiger partial charge is 0.505 e. The van der Waals surface area contributed by atoms with E-state index in [2.05, 4.69) is 10.3 Å². The highest BCUT2D eigenvalue weighted by molar-refractivity contribution is 5.75. The molecule has 1 aromatic heterocycles. The monoisotopic (exact) mass is 331 g/mol. The molecule has 4 nitrogen and oxygen atoms in total. The van der Waals surface area contributed by atoms with Gasteiger partial charge in [-0.15, -0.1) is 0 Å². The minimum atomic E-state index is -0.627. The summed E-state index contributed by atoms with van der Waals surface area (Å²) in [7, 11) is 1.91. The molecule has 1 heterocycles. The SMILES string of the molecule is CC(NCCc1nc2cc(F)ccc2n1C)c1ccc(F)c(O)c1. The van der Waals surface area contributed by atoms with Gasteiger partial charge in [0.1, 0.15) is 11.6 Å². The van der Waals surface area contributed by atoms with E-state index >= 15 is 0 Å². The lowest BCUT2D eigenvalue weighted by atomic mass is 10.1. The van der Waals surface area contributed by atoms with Crippen molar-refractivity contribution in [2.24, 2.45) is 7.05 Å². The van der Waals surface area contributed by atoms with Crippen LogP contribution < -0.4 is 5.32 Å². The van der Waals surface area contributed by atoms with Crippen LogP contribution in [0.4, 0.5) is 8.78 Å². The number of imidazole rings is 1. The Morgan fingerprint density at radius 3 is 2.75 bits per heavy atom. The lowest BCUT2D eigenvalue weighted by molar-refractivity contribution is 0.430. The van der Waals surface area contributed by atoms with Gasteiger partial charge in [-0.05, 0) is 36.8 Å². The standard InChI is InChI=1S/C18H19F2N3O/c1-11(12-3-5-14(20)17(24)9-12)21-8-7-18-22-15-10-13(19)4-6-16(15)23(18)2/h3-6,9-11,21,24H,7-8H2,1-2H3. The van der Waals surface area contributed by atoms with E-state index in [1.807, 2.05) is 18.5 Å². The van der Waals surface area contributed by atoms with E-state index in [-0.39, 0.29) is 17.6 Å². The molecule has 24 heavy (non-hydrogen) atoms. The summed E-state index contributed by atoms with van der Waals surface area (Å²) in [5, 5.41) is 12.8. The Morgan fingerprint density at radius 2 is 2.00 bits per heavy atom. The summed E-state index contributed by atoms with van der Waals surface area (Å²) in [6.07, 6.45) is 0.671. The van der Waals surface area contributed by atoms with Gasteiger partial charge in [-0.25, -0.2) is 13.8 Å². The van der Waals surface area contributed by atoms with E-state index in [0.29, 0.717) is 18.5 Å². The molecule has 1 atom stereocenters. The van der Waals surface area contributed by atoms with Gasteiger partial charge in [0.25, 0.3) is 0 Å². The van der Waals surface area contributed by atoms with Gasteiger partial charge >= 0.3 is 0 Å². The molecular weight excluding hydrogens is 312 g/mol. The van der Waals surface area contributed by atoms with Crippen LogP contribution in [0, 0.1) is 11.6 Å². The maximum atomic E-state index is 13.3. The van der Waals surface area contributed by atoms with Gasteiger partial charge in [-0.3, -0.25) is 0 Å². The zero-order valence-electron chi connectivity index (χ0n) is 13.6. The van der Waals surface area contributed by atoms with Crippen molar-refractivity contribution < 1.29 is 13.9 Å². The highest BCUT2D eigenvalue weighted by atomic mass is 19.1. The van der Waals surface area contributed by atoms with Crippen LogP contribution in [0.1, 0.15) is 24.4 Å². The molecule has 1 unspecified atom stereocenters. The molecule has 6 heteroatoms. The van der Waals surface area contributed by atoms with Crippen LogP contribution >= 0.6 is 0 Å². The number of nitrogens with zero attached hydrogens (tertiary/aromatic N) is 2. The van der Waals surface area contributed by atoms with E-state index in [1.54, 1.807) is 12.1 Å². The molecule has 0 aliphatic carbocycles.